The van der Waals surface area contributed by atoms with Gasteiger partial charge in [-0.3, -0.25) is 4.98 Å². The second-order valence-electron chi connectivity index (χ2n) is 5.32. The maximum absolute atomic E-state index is 5.42. The van der Waals surface area contributed by atoms with Gasteiger partial charge in [0.2, 0.25) is 11.7 Å². The largest absolute Gasteiger partial charge is 0.339 e. The highest BCUT2D eigenvalue weighted by atomic mass is 32.2. The zero-order valence-electron chi connectivity index (χ0n) is 12.0. The topological polar surface area (TPSA) is 63.8 Å². The molecule has 5 nitrogen and oxygen atoms in total. The number of aromatic nitrogens is 3. The Morgan fingerprint density at radius 2 is 2.23 bits per heavy atom. The predicted molar refractivity (Wildman–Crippen MR) is 87.9 cm³/mol. The molecule has 1 fully saturated rings. The van der Waals surface area contributed by atoms with Gasteiger partial charge in [0, 0.05) is 42.1 Å². The van der Waals surface area contributed by atoms with Gasteiger partial charge in [0.05, 0.1) is 0 Å². The number of benzene rings is 1. The van der Waals surface area contributed by atoms with Crippen LogP contribution in [0.5, 0.6) is 0 Å². The van der Waals surface area contributed by atoms with E-state index in [1.54, 1.807) is 6.20 Å². The molecule has 3 aromatic rings. The van der Waals surface area contributed by atoms with Crippen LogP contribution in [0.4, 0.5) is 0 Å². The highest BCUT2D eigenvalue weighted by Gasteiger charge is 2.18. The highest BCUT2D eigenvalue weighted by Crippen LogP contribution is 2.24. The number of hydrogen-bond donors (Lipinski definition) is 1. The molecule has 0 spiro atoms. The summed E-state index contributed by atoms with van der Waals surface area (Å²) in [4.78, 5) is 8.97. The Kier molecular flexibility index (Phi) is 3.78. The summed E-state index contributed by atoms with van der Waals surface area (Å²) < 4.78 is 5.42. The van der Waals surface area contributed by atoms with E-state index in [0.717, 1.165) is 35.2 Å². The first-order chi connectivity index (χ1) is 10.9. The van der Waals surface area contributed by atoms with E-state index in [4.69, 9.17) is 4.52 Å². The summed E-state index contributed by atoms with van der Waals surface area (Å²) in [5.41, 5.74) is 0.777. The number of nitrogens with one attached hydrogen (secondary N) is 1. The van der Waals surface area contributed by atoms with Gasteiger partial charge in [-0.15, -0.1) is 0 Å². The van der Waals surface area contributed by atoms with Crippen molar-refractivity contribution < 1.29 is 4.52 Å². The van der Waals surface area contributed by atoms with Crippen LogP contribution >= 0.6 is 11.8 Å². The number of rotatable bonds is 3. The molecular formula is C16H16N4OS. The van der Waals surface area contributed by atoms with Crippen LogP contribution in [0.15, 0.2) is 41.1 Å². The number of pyridine rings is 1. The minimum Gasteiger partial charge on any atom is -0.339 e. The number of hydrogen-bond acceptors (Lipinski definition) is 6. The molecule has 3 heterocycles. The van der Waals surface area contributed by atoms with Crippen molar-refractivity contribution in [1.82, 2.24) is 20.4 Å². The maximum Gasteiger partial charge on any atom is 0.228 e. The summed E-state index contributed by atoms with van der Waals surface area (Å²) in [7, 11) is 0. The lowest BCUT2D eigenvalue weighted by Crippen LogP contribution is -2.38. The minimum atomic E-state index is 0.410. The van der Waals surface area contributed by atoms with Gasteiger partial charge < -0.3 is 9.84 Å². The molecule has 0 aliphatic carbocycles. The van der Waals surface area contributed by atoms with Crippen LogP contribution in [0.25, 0.3) is 22.3 Å². The minimum absolute atomic E-state index is 0.410. The van der Waals surface area contributed by atoms with Crippen molar-refractivity contribution >= 4 is 22.5 Å². The van der Waals surface area contributed by atoms with E-state index in [1.165, 1.54) is 5.75 Å². The molecular weight excluding hydrogens is 296 g/mol. The monoisotopic (exact) mass is 312 g/mol. The van der Waals surface area contributed by atoms with Crippen molar-refractivity contribution in [3.8, 4) is 11.5 Å². The van der Waals surface area contributed by atoms with Crippen molar-refractivity contribution in [1.29, 1.82) is 0 Å². The summed E-state index contributed by atoms with van der Waals surface area (Å²) >= 11 is 1.96. The second kappa shape index (κ2) is 6.06. The lowest BCUT2D eigenvalue weighted by Gasteiger charge is -2.21. The van der Waals surface area contributed by atoms with Crippen molar-refractivity contribution in [3.05, 3.63) is 42.4 Å². The van der Waals surface area contributed by atoms with Crippen LogP contribution in [0.1, 0.15) is 5.89 Å². The van der Waals surface area contributed by atoms with E-state index in [9.17, 15) is 0 Å². The molecule has 2 aromatic heterocycles. The predicted octanol–water partition coefficient (Wildman–Crippen LogP) is 2.53. The van der Waals surface area contributed by atoms with Crippen molar-refractivity contribution in [2.45, 2.75) is 12.5 Å². The van der Waals surface area contributed by atoms with E-state index in [2.05, 4.69) is 26.5 Å². The molecule has 0 amide bonds. The van der Waals surface area contributed by atoms with Crippen LogP contribution in [-0.2, 0) is 6.42 Å². The fraction of sp³-hybridized carbons (Fsp3) is 0.312. The summed E-state index contributed by atoms with van der Waals surface area (Å²) in [5, 5.41) is 9.77. The number of thioether (sulfide) groups is 1. The van der Waals surface area contributed by atoms with Gasteiger partial charge >= 0.3 is 0 Å². The van der Waals surface area contributed by atoms with E-state index < -0.39 is 0 Å². The molecule has 112 valence electrons. The lowest BCUT2D eigenvalue weighted by atomic mass is 10.1. The van der Waals surface area contributed by atoms with Gasteiger partial charge in [-0.05, 0) is 11.5 Å². The van der Waals surface area contributed by atoms with Gasteiger partial charge in [0.15, 0.2) is 0 Å². The fourth-order valence-corrected chi connectivity index (χ4v) is 3.64. The first-order valence-corrected chi connectivity index (χ1v) is 8.53. The summed E-state index contributed by atoms with van der Waals surface area (Å²) in [6, 6.07) is 10.5. The third kappa shape index (κ3) is 2.71. The highest BCUT2D eigenvalue weighted by molar-refractivity contribution is 7.99. The van der Waals surface area contributed by atoms with Crippen LogP contribution in [0, 0.1) is 0 Å². The zero-order valence-corrected chi connectivity index (χ0v) is 12.8. The molecule has 1 N–H and O–H groups in total. The Balaban J connectivity index is 1.62. The molecule has 1 aliphatic heterocycles. The van der Waals surface area contributed by atoms with Gasteiger partial charge in [-0.2, -0.15) is 16.7 Å². The molecule has 1 saturated heterocycles. The molecule has 0 saturated carbocycles. The van der Waals surface area contributed by atoms with Crippen molar-refractivity contribution in [2.75, 3.05) is 18.1 Å². The van der Waals surface area contributed by atoms with Gasteiger partial charge in [0.1, 0.15) is 5.69 Å². The molecule has 1 unspecified atom stereocenters. The quantitative estimate of drug-likeness (QED) is 0.802. The second-order valence-corrected chi connectivity index (χ2v) is 6.47. The van der Waals surface area contributed by atoms with Crippen LogP contribution in [-0.4, -0.2) is 39.2 Å². The Hall–Kier alpha value is -1.92. The maximum atomic E-state index is 5.42. The molecule has 6 heteroatoms. The van der Waals surface area contributed by atoms with Gasteiger partial charge in [0.25, 0.3) is 0 Å². The third-order valence-electron chi connectivity index (χ3n) is 3.77. The van der Waals surface area contributed by atoms with Crippen molar-refractivity contribution in [3.63, 3.8) is 0 Å². The standard InChI is InChI=1S/C16H16N4OS/c1-2-4-13-11(3-1)5-6-18-15(13)16-19-14(21-20-16)9-12-10-22-8-7-17-12/h1-6,12,17H,7-10H2. The Morgan fingerprint density at radius 3 is 3.14 bits per heavy atom. The Labute approximate surface area is 132 Å². The van der Waals surface area contributed by atoms with E-state index in [1.807, 2.05) is 36.0 Å². The van der Waals surface area contributed by atoms with Gasteiger partial charge in [-0.1, -0.05) is 29.4 Å². The molecule has 4 rings (SSSR count). The summed E-state index contributed by atoms with van der Waals surface area (Å²) in [5.74, 6) is 3.50. The lowest BCUT2D eigenvalue weighted by molar-refractivity contribution is 0.363. The molecule has 1 aromatic carbocycles. The first kappa shape index (κ1) is 13.7. The number of fused-ring (bicyclic) bond motifs is 1. The Bertz CT molecular complexity index is 777. The van der Waals surface area contributed by atoms with E-state index in [-0.39, 0.29) is 0 Å². The molecule has 0 radical (unpaired) electrons. The molecule has 22 heavy (non-hydrogen) atoms. The Morgan fingerprint density at radius 1 is 1.27 bits per heavy atom. The smallest absolute Gasteiger partial charge is 0.228 e. The summed E-state index contributed by atoms with van der Waals surface area (Å²) in [6.45, 7) is 1.04. The van der Waals surface area contributed by atoms with Crippen LogP contribution in [0.2, 0.25) is 0 Å². The van der Waals surface area contributed by atoms with E-state index >= 15 is 0 Å². The zero-order chi connectivity index (χ0) is 14.8. The van der Waals surface area contributed by atoms with Crippen LogP contribution in [0.3, 0.4) is 0 Å². The van der Waals surface area contributed by atoms with Crippen molar-refractivity contribution in [2.24, 2.45) is 0 Å². The SMILES string of the molecule is c1ccc2c(-c3noc(CC4CSCCN4)n3)nccc2c1. The van der Waals surface area contributed by atoms with E-state index in [0.29, 0.717) is 17.8 Å². The average Bonchev–Trinajstić information content (AvgIpc) is 3.03. The molecule has 1 aliphatic rings. The summed E-state index contributed by atoms with van der Waals surface area (Å²) in [6.07, 6.45) is 2.55. The number of nitrogens with zero attached hydrogens (tertiary/aromatic N) is 3. The first-order valence-electron chi connectivity index (χ1n) is 7.38. The van der Waals surface area contributed by atoms with Crippen LogP contribution < -0.4 is 5.32 Å². The third-order valence-corrected chi connectivity index (χ3v) is 4.90. The normalized spacial score (nSPS) is 18.6. The molecule has 0 bridgehead atoms. The van der Waals surface area contributed by atoms with Gasteiger partial charge in [-0.25, -0.2) is 0 Å². The molecule has 1 atom stereocenters. The average molecular weight is 312 g/mol. The fourth-order valence-electron chi connectivity index (χ4n) is 2.69.